The summed E-state index contributed by atoms with van der Waals surface area (Å²) in [6, 6.07) is 0. The van der Waals surface area contributed by atoms with Crippen LogP contribution in [0.2, 0.25) is 0 Å². The predicted octanol–water partition coefficient (Wildman–Crippen LogP) is 1.37. The molecule has 0 fully saturated rings. The largest absolute Gasteiger partial charge is 0.481 e. The van der Waals surface area contributed by atoms with Crippen molar-refractivity contribution in [2.24, 2.45) is 5.92 Å². The van der Waals surface area contributed by atoms with Crippen LogP contribution in [-0.2, 0) is 22.4 Å². The van der Waals surface area contributed by atoms with Crippen LogP contribution in [0.1, 0.15) is 36.5 Å². The van der Waals surface area contributed by atoms with Crippen molar-refractivity contribution in [2.75, 3.05) is 7.11 Å². The van der Waals surface area contributed by atoms with Crippen LogP contribution in [-0.4, -0.2) is 28.2 Å². The molecular formula is C12H16N2O3. The van der Waals surface area contributed by atoms with Crippen LogP contribution in [0.25, 0.3) is 0 Å². The molecule has 1 aromatic heterocycles. The number of aryl methyl sites for hydroxylation is 1. The van der Waals surface area contributed by atoms with E-state index in [0.29, 0.717) is 25.1 Å². The molecule has 0 saturated carbocycles. The molecule has 1 aromatic rings. The first-order chi connectivity index (χ1) is 8.11. The second kappa shape index (κ2) is 4.79. The van der Waals surface area contributed by atoms with Crippen molar-refractivity contribution in [1.82, 2.24) is 9.97 Å². The lowest BCUT2D eigenvalue weighted by atomic mass is 9.87. The smallest absolute Gasteiger partial charge is 0.306 e. The average Bonchev–Trinajstić information content (AvgIpc) is 2.36. The highest BCUT2D eigenvalue weighted by Crippen LogP contribution is 2.25. The molecule has 92 valence electrons. The molecule has 0 amide bonds. The van der Waals surface area contributed by atoms with Crippen molar-refractivity contribution in [3.63, 3.8) is 0 Å². The second-order valence-corrected chi connectivity index (χ2v) is 4.36. The number of carboxylic acids is 1. The maximum Gasteiger partial charge on any atom is 0.306 e. The summed E-state index contributed by atoms with van der Waals surface area (Å²) in [5, 5.41) is 8.98. The highest BCUT2D eigenvalue weighted by molar-refractivity contribution is 5.70. The molecule has 0 saturated heterocycles. The van der Waals surface area contributed by atoms with E-state index in [4.69, 9.17) is 9.84 Å². The van der Waals surface area contributed by atoms with Gasteiger partial charge in [0.15, 0.2) is 5.82 Å². The summed E-state index contributed by atoms with van der Waals surface area (Å²) in [7, 11) is 1.62. The van der Waals surface area contributed by atoms with E-state index in [1.807, 2.05) is 6.92 Å². The van der Waals surface area contributed by atoms with Gasteiger partial charge in [0.05, 0.1) is 5.92 Å². The van der Waals surface area contributed by atoms with Crippen molar-refractivity contribution in [3.05, 3.63) is 23.3 Å². The second-order valence-electron chi connectivity index (χ2n) is 4.36. The molecule has 1 aliphatic rings. The molecule has 5 heteroatoms. The summed E-state index contributed by atoms with van der Waals surface area (Å²) in [4.78, 5) is 19.6. The standard InChI is InChI=1S/C12H16N2O3/c1-7(17-2)11-13-6-9-5-8(12(15)16)3-4-10(9)14-11/h6-8H,3-5H2,1-2H3,(H,15,16). The third kappa shape index (κ3) is 2.44. The van der Waals surface area contributed by atoms with E-state index in [9.17, 15) is 4.79 Å². The van der Waals surface area contributed by atoms with Gasteiger partial charge in [-0.3, -0.25) is 4.79 Å². The maximum absolute atomic E-state index is 10.9. The van der Waals surface area contributed by atoms with E-state index in [-0.39, 0.29) is 12.0 Å². The number of carboxylic acid groups (broad SMARTS) is 1. The average molecular weight is 236 g/mol. The van der Waals surface area contributed by atoms with Crippen LogP contribution in [0.3, 0.4) is 0 Å². The third-order valence-corrected chi connectivity index (χ3v) is 3.24. The van der Waals surface area contributed by atoms with Gasteiger partial charge in [0.25, 0.3) is 0 Å². The lowest BCUT2D eigenvalue weighted by Gasteiger charge is -2.21. The first-order valence-corrected chi connectivity index (χ1v) is 5.72. The Balaban J connectivity index is 2.22. The number of rotatable bonds is 3. The molecule has 0 bridgehead atoms. The summed E-state index contributed by atoms with van der Waals surface area (Å²) in [5.74, 6) is -0.359. The molecule has 0 spiro atoms. The molecule has 1 N–H and O–H groups in total. The zero-order valence-electron chi connectivity index (χ0n) is 10.0. The van der Waals surface area contributed by atoms with Crippen LogP contribution in [0, 0.1) is 5.92 Å². The number of aliphatic carboxylic acids is 1. The number of ether oxygens (including phenoxy) is 1. The summed E-state index contributed by atoms with van der Waals surface area (Å²) in [6.45, 7) is 1.89. The minimum Gasteiger partial charge on any atom is -0.481 e. The van der Waals surface area contributed by atoms with Gasteiger partial charge in [0.2, 0.25) is 0 Å². The third-order valence-electron chi connectivity index (χ3n) is 3.24. The lowest BCUT2D eigenvalue weighted by Crippen LogP contribution is -2.23. The molecule has 2 atom stereocenters. The van der Waals surface area contributed by atoms with Crippen molar-refractivity contribution < 1.29 is 14.6 Å². The Bertz CT molecular complexity index is 434. The summed E-state index contributed by atoms with van der Waals surface area (Å²) < 4.78 is 5.17. The van der Waals surface area contributed by atoms with Gasteiger partial charge in [-0.05, 0) is 31.7 Å². The van der Waals surface area contributed by atoms with Crippen LogP contribution < -0.4 is 0 Å². The highest BCUT2D eigenvalue weighted by Gasteiger charge is 2.25. The minimum atomic E-state index is -0.731. The monoisotopic (exact) mass is 236 g/mol. The first kappa shape index (κ1) is 12.0. The molecular weight excluding hydrogens is 220 g/mol. The van der Waals surface area contributed by atoms with Gasteiger partial charge in [-0.15, -0.1) is 0 Å². The fourth-order valence-electron chi connectivity index (χ4n) is 2.04. The van der Waals surface area contributed by atoms with Gasteiger partial charge in [0, 0.05) is 19.0 Å². The number of hydrogen-bond acceptors (Lipinski definition) is 4. The summed E-state index contributed by atoms with van der Waals surface area (Å²) >= 11 is 0. The van der Waals surface area contributed by atoms with Crippen LogP contribution in [0.15, 0.2) is 6.20 Å². The number of methoxy groups -OCH3 is 1. The number of nitrogens with zero attached hydrogens (tertiary/aromatic N) is 2. The van der Waals surface area contributed by atoms with Crippen LogP contribution in [0.5, 0.6) is 0 Å². The fraction of sp³-hybridized carbons (Fsp3) is 0.583. The molecule has 1 heterocycles. The Kier molecular flexibility index (Phi) is 3.38. The number of hydrogen-bond donors (Lipinski definition) is 1. The zero-order chi connectivity index (χ0) is 12.4. The quantitative estimate of drug-likeness (QED) is 0.858. The minimum absolute atomic E-state index is 0.127. The molecule has 2 rings (SSSR count). The molecule has 0 aromatic carbocycles. The zero-order valence-corrected chi connectivity index (χ0v) is 10.0. The van der Waals surface area contributed by atoms with Crippen molar-refractivity contribution in [2.45, 2.75) is 32.3 Å². The van der Waals surface area contributed by atoms with Crippen LogP contribution in [0.4, 0.5) is 0 Å². The van der Waals surface area contributed by atoms with Gasteiger partial charge in [-0.2, -0.15) is 0 Å². The van der Waals surface area contributed by atoms with Gasteiger partial charge >= 0.3 is 5.97 Å². The topological polar surface area (TPSA) is 72.3 Å². The Labute approximate surface area is 99.9 Å². The lowest BCUT2D eigenvalue weighted by molar-refractivity contribution is -0.142. The molecule has 1 aliphatic carbocycles. The normalized spacial score (nSPS) is 20.7. The summed E-state index contributed by atoms with van der Waals surface area (Å²) in [5.41, 5.74) is 1.92. The Morgan fingerprint density at radius 3 is 3.06 bits per heavy atom. The van der Waals surface area contributed by atoms with E-state index in [1.54, 1.807) is 13.3 Å². The van der Waals surface area contributed by atoms with E-state index in [2.05, 4.69) is 9.97 Å². The van der Waals surface area contributed by atoms with Gasteiger partial charge in [-0.25, -0.2) is 9.97 Å². The highest BCUT2D eigenvalue weighted by atomic mass is 16.5. The SMILES string of the molecule is COC(C)c1ncc2c(n1)CCC(C(=O)O)C2. The summed E-state index contributed by atoms with van der Waals surface area (Å²) in [6.07, 6.45) is 3.50. The van der Waals surface area contributed by atoms with Crippen molar-refractivity contribution in [3.8, 4) is 0 Å². The number of fused-ring (bicyclic) bond motifs is 1. The van der Waals surface area contributed by atoms with E-state index in [0.717, 1.165) is 11.3 Å². The molecule has 2 unspecified atom stereocenters. The van der Waals surface area contributed by atoms with Gasteiger partial charge in [0.1, 0.15) is 6.10 Å². The molecule has 5 nitrogen and oxygen atoms in total. The molecule has 17 heavy (non-hydrogen) atoms. The maximum atomic E-state index is 10.9. The Morgan fingerprint density at radius 2 is 2.41 bits per heavy atom. The Morgan fingerprint density at radius 1 is 1.65 bits per heavy atom. The Hall–Kier alpha value is -1.49. The molecule has 0 aliphatic heterocycles. The van der Waals surface area contributed by atoms with Crippen molar-refractivity contribution in [1.29, 1.82) is 0 Å². The first-order valence-electron chi connectivity index (χ1n) is 5.72. The predicted molar refractivity (Wildman–Crippen MR) is 60.6 cm³/mol. The van der Waals surface area contributed by atoms with Crippen LogP contribution >= 0.6 is 0 Å². The molecule has 0 radical (unpaired) electrons. The van der Waals surface area contributed by atoms with Crippen molar-refractivity contribution >= 4 is 5.97 Å². The van der Waals surface area contributed by atoms with Gasteiger partial charge < -0.3 is 9.84 Å². The number of aromatic nitrogens is 2. The van der Waals surface area contributed by atoms with E-state index in [1.165, 1.54) is 0 Å². The van der Waals surface area contributed by atoms with Gasteiger partial charge in [-0.1, -0.05) is 0 Å². The van der Waals surface area contributed by atoms with E-state index < -0.39 is 5.97 Å². The fourth-order valence-corrected chi connectivity index (χ4v) is 2.04. The number of carbonyl (C=O) groups is 1. The van der Waals surface area contributed by atoms with E-state index >= 15 is 0 Å².